The molecule has 2 fully saturated rings. The molecule has 2 aliphatic rings. The van der Waals surface area contributed by atoms with Crippen LogP contribution < -0.4 is 5.73 Å². The second-order valence-corrected chi connectivity index (χ2v) is 6.24. The van der Waals surface area contributed by atoms with Gasteiger partial charge in [0.05, 0.1) is 29.7 Å². The Balaban J connectivity index is 1.84. The zero-order valence-electron chi connectivity index (χ0n) is 12.4. The van der Waals surface area contributed by atoms with Crippen LogP contribution in [0.1, 0.15) is 26.7 Å². The highest BCUT2D eigenvalue weighted by Gasteiger charge is 2.33. The van der Waals surface area contributed by atoms with Crippen LogP contribution in [0.5, 0.6) is 0 Å². The lowest BCUT2D eigenvalue weighted by molar-refractivity contribution is -0.137. The van der Waals surface area contributed by atoms with Crippen molar-refractivity contribution in [2.45, 2.75) is 38.8 Å². The Morgan fingerprint density at radius 2 is 2.05 bits per heavy atom. The number of hydrogen-bond acceptors (Lipinski definition) is 4. The number of hydrogen-bond donors (Lipinski definition) is 1. The van der Waals surface area contributed by atoms with E-state index in [4.69, 9.17) is 22.7 Å². The van der Waals surface area contributed by atoms with Gasteiger partial charge < -0.3 is 15.4 Å². The number of thiocarbonyl (C=S) groups is 1. The van der Waals surface area contributed by atoms with E-state index in [-0.39, 0.29) is 24.0 Å². The van der Waals surface area contributed by atoms with Gasteiger partial charge in [-0.1, -0.05) is 19.1 Å². The molecule has 114 valence electrons. The SMILES string of the molecule is CCC(C(N)=S)N1CCN(C(=O)C2COC(C)C2)CC1. The van der Waals surface area contributed by atoms with Gasteiger partial charge in [0.15, 0.2) is 0 Å². The number of carbonyl (C=O) groups excluding carboxylic acids is 1. The minimum atomic E-state index is 0.0501. The predicted octanol–water partition coefficient (Wildman–Crippen LogP) is 0.620. The zero-order valence-corrected chi connectivity index (χ0v) is 13.2. The monoisotopic (exact) mass is 299 g/mol. The normalized spacial score (nSPS) is 29.4. The summed E-state index contributed by atoms with van der Waals surface area (Å²) in [5, 5.41) is 0. The van der Waals surface area contributed by atoms with Gasteiger partial charge in [-0.2, -0.15) is 0 Å². The molecule has 0 spiro atoms. The van der Waals surface area contributed by atoms with Crippen molar-refractivity contribution >= 4 is 23.1 Å². The summed E-state index contributed by atoms with van der Waals surface area (Å²) in [4.78, 5) is 17.2. The number of piperazine rings is 1. The van der Waals surface area contributed by atoms with Crippen molar-refractivity contribution < 1.29 is 9.53 Å². The number of ether oxygens (including phenoxy) is 1. The molecule has 5 nitrogen and oxygen atoms in total. The minimum absolute atomic E-state index is 0.0501. The van der Waals surface area contributed by atoms with Crippen LogP contribution in [0.2, 0.25) is 0 Å². The van der Waals surface area contributed by atoms with Gasteiger partial charge in [0.25, 0.3) is 0 Å². The zero-order chi connectivity index (χ0) is 14.7. The molecule has 3 unspecified atom stereocenters. The quantitative estimate of drug-likeness (QED) is 0.771. The third-order valence-corrected chi connectivity index (χ3v) is 4.60. The first-order chi connectivity index (χ1) is 9.52. The standard InChI is InChI=1S/C14H25N3O2S/c1-3-12(13(15)20)16-4-6-17(7-5-16)14(18)11-8-10(2)19-9-11/h10-12H,3-9H2,1-2H3,(H2,15,20). The summed E-state index contributed by atoms with van der Waals surface area (Å²) in [5.41, 5.74) is 5.78. The highest BCUT2D eigenvalue weighted by Crippen LogP contribution is 2.22. The molecule has 0 bridgehead atoms. The maximum Gasteiger partial charge on any atom is 0.228 e. The van der Waals surface area contributed by atoms with E-state index in [0.29, 0.717) is 11.6 Å². The highest BCUT2D eigenvalue weighted by molar-refractivity contribution is 7.80. The average molecular weight is 299 g/mol. The fourth-order valence-corrected chi connectivity index (χ4v) is 3.46. The predicted molar refractivity (Wildman–Crippen MR) is 82.5 cm³/mol. The van der Waals surface area contributed by atoms with Crippen molar-refractivity contribution in [2.24, 2.45) is 11.7 Å². The van der Waals surface area contributed by atoms with Crippen LogP contribution in [0.4, 0.5) is 0 Å². The number of nitrogens with two attached hydrogens (primary N) is 1. The average Bonchev–Trinajstić information content (AvgIpc) is 2.86. The van der Waals surface area contributed by atoms with E-state index in [1.54, 1.807) is 0 Å². The Hall–Kier alpha value is -0.720. The molecule has 2 aliphatic heterocycles. The Morgan fingerprint density at radius 1 is 1.40 bits per heavy atom. The Labute approximate surface area is 126 Å². The summed E-state index contributed by atoms with van der Waals surface area (Å²) >= 11 is 5.12. The topological polar surface area (TPSA) is 58.8 Å². The molecule has 0 aromatic rings. The van der Waals surface area contributed by atoms with Crippen LogP contribution in [0.3, 0.4) is 0 Å². The van der Waals surface area contributed by atoms with Crippen LogP contribution in [0.15, 0.2) is 0 Å². The van der Waals surface area contributed by atoms with Crippen molar-refractivity contribution in [2.75, 3.05) is 32.8 Å². The summed E-state index contributed by atoms with van der Waals surface area (Å²) in [6, 6.07) is 0.164. The van der Waals surface area contributed by atoms with Crippen molar-refractivity contribution in [3.05, 3.63) is 0 Å². The number of nitrogens with zero attached hydrogens (tertiary/aromatic N) is 2. The number of carbonyl (C=O) groups is 1. The van der Waals surface area contributed by atoms with Gasteiger partial charge in [0.1, 0.15) is 0 Å². The molecule has 0 saturated carbocycles. The van der Waals surface area contributed by atoms with E-state index in [0.717, 1.165) is 39.0 Å². The third kappa shape index (κ3) is 3.48. The summed E-state index contributed by atoms with van der Waals surface area (Å²) < 4.78 is 5.49. The molecular weight excluding hydrogens is 274 g/mol. The summed E-state index contributed by atoms with van der Waals surface area (Å²) in [6.07, 6.45) is 1.99. The highest BCUT2D eigenvalue weighted by atomic mass is 32.1. The van der Waals surface area contributed by atoms with Crippen LogP contribution >= 0.6 is 12.2 Å². The first-order valence-corrected chi connectivity index (χ1v) is 7.87. The van der Waals surface area contributed by atoms with E-state index < -0.39 is 0 Å². The molecule has 1 amide bonds. The van der Waals surface area contributed by atoms with Gasteiger partial charge in [-0.25, -0.2) is 0 Å². The second kappa shape index (κ2) is 6.83. The van der Waals surface area contributed by atoms with Crippen LogP contribution in [-0.4, -0.2) is 65.6 Å². The molecule has 2 rings (SSSR count). The molecule has 2 saturated heterocycles. The van der Waals surface area contributed by atoms with Gasteiger partial charge in [0.2, 0.25) is 5.91 Å². The summed E-state index contributed by atoms with van der Waals surface area (Å²) in [6.45, 7) is 7.93. The molecule has 3 atom stereocenters. The maximum absolute atomic E-state index is 12.4. The Morgan fingerprint density at radius 3 is 2.50 bits per heavy atom. The molecule has 0 aromatic carbocycles. The van der Waals surface area contributed by atoms with Crippen molar-refractivity contribution in [3.8, 4) is 0 Å². The minimum Gasteiger partial charge on any atom is -0.392 e. The maximum atomic E-state index is 12.4. The molecular formula is C14H25N3O2S. The molecule has 2 N–H and O–H groups in total. The number of amides is 1. The second-order valence-electron chi connectivity index (χ2n) is 5.76. The molecule has 6 heteroatoms. The van der Waals surface area contributed by atoms with Gasteiger partial charge in [-0.15, -0.1) is 0 Å². The van der Waals surface area contributed by atoms with Crippen LogP contribution in [0.25, 0.3) is 0 Å². The van der Waals surface area contributed by atoms with E-state index in [9.17, 15) is 4.79 Å². The third-order valence-electron chi connectivity index (χ3n) is 4.33. The number of rotatable bonds is 4. The van der Waals surface area contributed by atoms with Gasteiger partial charge in [0, 0.05) is 26.2 Å². The smallest absolute Gasteiger partial charge is 0.228 e. The first kappa shape index (κ1) is 15.7. The molecule has 0 aromatic heterocycles. The van der Waals surface area contributed by atoms with Crippen LogP contribution in [0, 0.1) is 5.92 Å². The van der Waals surface area contributed by atoms with Crippen molar-refractivity contribution in [1.29, 1.82) is 0 Å². The van der Waals surface area contributed by atoms with E-state index >= 15 is 0 Å². The van der Waals surface area contributed by atoms with Gasteiger partial charge in [-0.05, 0) is 19.8 Å². The van der Waals surface area contributed by atoms with E-state index in [2.05, 4.69) is 11.8 Å². The van der Waals surface area contributed by atoms with E-state index in [1.165, 1.54) is 0 Å². The van der Waals surface area contributed by atoms with Gasteiger partial charge in [-0.3, -0.25) is 9.69 Å². The van der Waals surface area contributed by atoms with Crippen molar-refractivity contribution in [1.82, 2.24) is 9.80 Å². The molecule has 20 heavy (non-hydrogen) atoms. The largest absolute Gasteiger partial charge is 0.392 e. The summed E-state index contributed by atoms with van der Waals surface area (Å²) in [5.74, 6) is 0.298. The Kier molecular flexibility index (Phi) is 5.35. The van der Waals surface area contributed by atoms with Crippen molar-refractivity contribution in [3.63, 3.8) is 0 Å². The van der Waals surface area contributed by atoms with E-state index in [1.807, 2.05) is 11.8 Å². The lowest BCUT2D eigenvalue weighted by Gasteiger charge is -2.39. The first-order valence-electron chi connectivity index (χ1n) is 7.46. The molecule has 2 heterocycles. The lowest BCUT2D eigenvalue weighted by Crippen LogP contribution is -2.55. The summed E-state index contributed by atoms with van der Waals surface area (Å²) in [7, 11) is 0. The Bertz CT molecular complexity index is 369. The fraction of sp³-hybridized carbons (Fsp3) is 0.857. The lowest BCUT2D eigenvalue weighted by atomic mass is 10.0. The fourth-order valence-electron chi connectivity index (χ4n) is 3.14. The van der Waals surface area contributed by atoms with Crippen LogP contribution in [-0.2, 0) is 9.53 Å². The van der Waals surface area contributed by atoms with Gasteiger partial charge >= 0.3 is 0 Å². The molecule has 0 radical (unpaired) electrons. The molecule has 0 aliphatic carbocycles.